The van der Waals surface area contributed by atoms with Crippen LogP contribution in [-0.2, 0) is 15.1 Å². The Morgan fingerprint density at radius 1 is 0.958 bits per heavy atom. The number of anilines is 2. The summed E-state index contributed by atoms with van der Waals surface area (Å²) in [4.78, 5) is 24.2. The van der Waals surface area contributed by atoms with Crippen molar-refractivity contribution in [3.63, 3.8) is 0 Å². The molecule has 0 aliphatic heterocycles. The number of hydrogen-bond donors (Lipinski definition) is 3. The summed E-state index contributed by atoms with van der Waals surface area (Å²) in [5.41, 5.74) is 7.18. The van der Waals surface area contributed by atoms with E-state index in [-0.39, 0.29) is 17.7 Å². The number of hydrogen-bond acceptors (Lipinski definition) is 3. The van der Waals surface area contributed by atoms with Gasteiger partial charge in [0.15, 0.2) is 0 Å². The first-order chi connectivity index (χ1) is 11.5. The van der Waals surface area contributed by atoms with Crippen LogP contribution in [0.5, 0.6) is 0 Å². The molecule has 2 amide bonds. The van der Waals surface area contributed by atoms with Gasteiger partial charge >= 0.3 is 0 Å². The van der Waals surface area contributed by atoms with Crippen molar-refractivity contribution >= 4 is 23.2 Å². The van der Waals surface area contributed by atoms with Gasteiger partial charge in [-0.2, -0.15) is 0 Å². The third-order valence-electron chi connectivity index (χ3n) is 4.20. The van der Waals surface area contributed by atoms with Gasteiger partial charge in [0.25, 0.3) is 0 Å². The van der Waals surface area contributed by atoms with Crippen molar-refractivity contribution in [2.75, 3.05) is 10.6 Å². The molecule has 1 unspecified atom stereocenters. The first-order valence-electron chi connectivity index (χ1n) is 8.03. The smallest absolute Gasteiger partial charge is 0.248 e. The molecule has 0 spiro atoms. The molecule has 5 heteroatoms. The predicted octanol–water partition coefficient (Wildman–Crippen LogP) is 2.85. The molecular weight excluding hydrogens is 302 g/mol. The molecule has 2 aromatic rings. The molecule has 0 saturated heterocycles. The Hall–Kier alpha value is -2.66. The minimum absolute atomic E-state index is 0.0606. The summed E-state index contributed by atoms with van der Waals surface area (Å²) in [7, 11) is 0. The van der Waals surface area contributed by atoms with Crippen molar-refractivity contribution in [2.45, 2.75) is 25.3 Å². The molecule has 3 rings (SSSR count). The van der Waals surface area contributed by atoms with Gasteiger partial charge in [0.1, 0.15) is 5.54 Å². The van der Waals surface area contributed by atoms with E-state index in [1.807, 2.05) is 30.3 Å². The van der Waals surface area contributed by atoms with Crippen LogP contribution >= 0.6 is 0 Å². The molecule has 0 bridgehead atoms. The van der Waals surface area contributed by atoms with Gasteiger partial charge in [-0.05, 0) is 49.6 Å². The lowest BCUT2D eigenvalue weighted by Crippen LogP contribution is -2.45. The van der Waals surface area contributed by atoms with E-state index in [1.165, 1.54) is 0 Å². The zero-order valence-corrected chi connectivity index (χ0v) is 13.6. The van der Waals surface area contributed by atoms with Crippen molar-refractivity contribution in [1.82, 2.24) is 0 Å². The first kappa shape index (κ1) is 16.2. The summed E-state index contributed by atoms with van der Waals surface area (Å²) >= 11 is 0. The molecule has 124 valence electrons. The van der Waals surface area contributed by atoms with Crippen molar-refractivity contribution in [1.29, 1.82) is 0 Å². The van der Waals surface area contributed by atoms with E-state index >= 15 is 0 Å². The van der Waals surface area contributed by atoms with E-state index < -0.39 is 5.54 Å². The molecule has 4 N–H and O–H groups in total. The molecule has 0 radical (unpaired) electrons. The van der Waals surface area contributed by atoms with Crippen LogP contribution in [0.4, 0.5) is 11.4 Å². The molecule has 5 nitrogen and oxygen atoms in total. The zero-order chi connectivity index (χ0) is 17.2. The highest BCUT2D eigenvalue weighted by molar-refractivity contribution is 5.99. The van der Waals surface area contributed by atoms with Crippen molar-refractivity contribution < 1.29 is 9.59 Å². The van der Waals surface area contributed by atoms with Crippen molar-refractivity contribution in [3.8, 4) is 0 Å². The summed E-state index contributed by atoms with van der Waals surface area (Å²) in [5, 5.41) is 5.68. The number of nitrogens with one attached hydrogen (secondary N) is 2. The second-order valence-electron chi connectivity index (χ2n) is 6.36. The molecule has 0 aromatic heterocycles. The maximum atomic E-state index is 12.5. The average molecular weight is 323 g/mol. The second kappa shape index (κ2) is 6.45. The van der Waals surface area contributed by atoms with Crippen molar-refractivity contribution in [2.24, 2.45) is 11.7 Å². The normalized spacial score (nSPS) is 16.1. The van der Waals surface area contributed by atoms with Gasteiger partial charge in [0.05, 0.1) is 0 Å². The van der Waals surface area contributed by atoms with E-state index in [2.05, 4.69) is 10.6 Å². The summed E-state index contributed by atoms with van der Waals surface area (Å²) < 4.78 is 0. The number of benzene rings is 2. The third-order valence-corrected chi connectivity index (χ3v) is 4.20. The summed E-state index contributed by atoms with van der Waals surface area (Å²) in [6, 6.07) is 16.3. The van der Waals surface area contributed by atoms with Gasteiger partial charge in [0, 0.05) is 17.3 Å². The number of carbonyl (C=O) groups is 2. The lowest BCUT2D eigenvalue weighted by atomic mass is 9.92. The molecule has 1 aliphatic rings. The van der Waals surface area contributed by atoms with E-state index in [0.29, 0.717) is 5.69 Å². The average Bonchev–Trinajstić information content (AvgIpc) is 3.42. The highest BCUT2D eigenvalue weighted by Crippen LogP contribution is 2.30. The SMILES string of the molecule is CC(N)(C(=O)Nc1ccc(NC(=O)C2CC2)cc1)c1ccccc1. The fourth-order valence-electron chi connectivity index (χ4n) is 2.40. The number of amides is 2. The number of rotatable bonds is 5. The Morgan fingerprint density at radius 2 is 1.50 bits per heavy atom. The van der Waals surface area contributed by atoms with Gasteiger partial charge in [-0.3, -0.25) is 9.59 Å². The van der Waals surface area contributed by atoms with Gasteiger partial charge in [-0.25, -0.2) is 0 Å². The standard InChI is InChI=1S/C19H21N3O2/c1-19(20,14-5-3-2-4-6-14)18(24)22-16-11-9-15(10-12-16)21-17(23)13-7-8-13/h2-6,9-13H,7-8,20H2,1H3,(H,21,23)(H,22,24). The zero-order valence-electron chi connectivity index (χ0n) is 13.6. The Kier molecular flexibility index (Phi) is 4.36. The maximum absolute atomic E-state index is 12.5. The molecule has 24 heavy (non-hydrogen) atoms. The summed E-state index contributed by atoms with van der Waals surface area (Å²) in [5.74, 6) is -0.0675. The molecule has 1 atom stereocenters. The highest BCUT2D eigenvalue weighted by Gasteiger charge is 2.31. The summed E-state index contributed by atoms with van der Waals surface area (Å²) in [6.45, 7) is 1.68. The quantitative estimate of drug-likeness (QED) is 0.791. The van der Waals surface area contributed by atoms with Gasteiger partial charge < -0.3 is 16.4 Å². The minimum atomic E-state index is -1.12. The van der Waals surface area contributed by atoms with Crippen LogP contribution in [0.1, 0.15) is 25.3 Å². The van der Waals surface area contributed by atoms with Crippen LogP contribution in [0.3, 0.4) is 0 Å². The van der Waals surface area contributed by atoms with Crippen LogP contribution in [0.2, 0.25) is 0 Å². The molecule has 0 heterocycles. The molecule has 1 saturated carbocycles. The molecular formula is C19H21N3O2. The van der Waals surface area contributed by atoms with Crippen LogP contribution in [0.25, 0.3) is 0 Å². The minimum Gasteiger partial charge on any atom is -0.326 e. The Balaban J connectivity index is 1.64. The predicted molar refractivity (Wildman–Crippen MR) is 94.4 cm³/mol. The van der Waals surface area contributed by atoms with Crippen LogP contribution < -0.4 is 16.4 Å². The fourth-order valence-corrected chi connectivity index (χ4v) is 2.40. The molecule has 2 aromatic carbocycles. The Labute approximate surface area is 141 Å². The van der Waals surface area contributed by atoms with Crippen LogP contribution in [-0.4, -0.2) is 11.8 Å². The molecule has 1 fully saturated rings. The van der Waals surface area contributed by atoms with E-state index in [9.17, 15) is 9.59 Å². The topological polar surface area (TPSA) is 84.2 Å². The first-order valence-corrected chi connectivity index (χ1v) is 8.03. The van der Waals surface area contributed by atoms with E-state index in [1.54, 1.807) is 31.2 Å². The van der Waals surface area contributed by atoms with Gasteiger partial charge in [-0.15, -0.1) is 0 Å². The van der Waals surface area contributed by atoms with E-state index in [4.69, 9.17) is 5.73 Å². The van der Waals surface area contributed by atoms with Crippen LogP contribution in [0, 0.1) is 5.92 Å². The van der Waals surface area contributed by atoms with Crippen molar-refractivity contribution in [3.05, 3.63) is 60.2 Å². The Bertz CT molecular complexity index is 735. The monoisotopic (exact) mass is 323 g/mol. The summed E-state index contributed by atoms with van der Waals surface area (Å²) in [6.07, 6.45) is 1.93. The third kappa shape index (κ3) is 3.63. The van der Waals surface area contributed by atoms with Gasteiger partial charge in [-0.1, -0.05) is 30.3 Å². The highest BCUT2D eigenvalue weighted by atomic mass is 16.2. The van der Waals surface area contributed by atoms with E-state index in [0.717, 1.165) is 24.1 Å². The fraction of sp³-hybridized carbons (Fsp3) is 0.263. The lowest BCUT2D eigenvalue weighted by molar-refractivity contribution is -0.121. The lowest BCUT2D eigenvalue weighted by Gasteiger charge is -2.24. The largest absolute Gasteiger partial charge is 0.326 e. The van der Waals surface area contributed by atoms with Gasteiger partial charge in [0.2, 0.25) is 11.8 Å². The molecule has 1 aliphatic carbocycles. The Morgan fingerprint density at radius 3 is 2.04 bits per heavy atom. The number of nitrogens with two attached hydrogens (primary N) is 1. The number of carbonyl (C=O) groups excluding carboxylic acids is 2. The maximum Gasteiger partial charge on any atom is 0.248 e. The van der Waals surface area contributed by atoms with Crippen LogP contribution in [0.15, 0.2) is 54.6 Å². The second-order valence-corrected chi connectivity index (χ2v) is 6.36.